The third-order valence-corrected chi connectivity index (χ3v) is 3.55. The van der Waals surface area contributed by atoms with E-state index in [9.17, 15) is 4.55 Å². The van der Waals surface area contributed by atoms with E-state index >= 15 is 0 Å². The maximum atomic E-state index is 10.9. The molecule has 0 spiro atoms. The Morgan fingerprint density at radius 1 is 1.18 bits per heavy atom. The molecule has 0 N–H and O–H groups in total. The number of pyridine rings is 1. The summed E-state index contributed by atoms with van der Waals surface area (Å²) in [5.74, 6) is 6.60. The zero-order valence-corrected chi connectivity index (χ0v) is 14.0. The normalized spacial score (nSPS) is 14.1. The first-order valence-corrected chi connectivity index (χ1v) is 8.63. The van der Waals surface area contributed by atoms with Crippen molar-refractivity contribution in [2.24, 2.45) is 9.63 Å². The van der Waals surface area contributed by atoms with Crippen molar-refractivity contribution in [3.63, 3.8) is 0 Å². The van der Waals surface area contributed by atoms with Crippen molar-refractivity contribution in [3.05, 3.63) is 41.7 Å². The summed E-state index contributed by atoms with van der Waals surface area (Å²) in [6.07, 6.45) is 5.13. The molecule has 2 atom stereocenters. The highest BCUT2D eigenvalue weighted by molar-refractivity contribution is 7.89. The molecule has 2 aromatic rings. The molecule has 2 unspecified atom stereocenters. The Morgan fingerprint density at radius 2 is 1.95 bits per heavy atom. The van der Waals surface area contributed by atoms with Crippen molar-refractivity contribution in [2.75, 3.05) is 6.26 Å². The Balaban J connectivity index is 2.40. The van der Waals surface area contributed by atoms with Gasteiger partial charge in [0.05, 0.1) is 0 Å². The second-order valence-corrected chi connectivity index (χ2v) is 6.36. The average Bonchev–Trinajstić information content (AvgIpc) is 2.50. The van der Waals surface area contributed by atoms with E-state index in [2.05, 4.69) is 46.4 Å². The molecule has 1 aromatic heterocycles. The van der Waals surface area contributed by atoms with Crippen LogP contribution in [0, 0.1) is 11.8 Å². The van der Waals surface area contributed by atoms with Crippen LogP contribution < -0.4 is 0 Å². The minimum atomic E-state index is -1.28. The Morgan fingerprint density at radius 3 is 2.64 bits per heavy atom. The van der Waals surface area contributed by atoms with Crippen LogP contribution in [0.3, 0.4) is 0 Å². The van der Waals surface area contributed by atoms with E-state index in [-0.39, 0.29) is 6.04 Å². The van der Waals surface area contributed by atoms with Gasteiger partial charge in [0.15, 0.2) is 0 Å². The molecule has 0 saturated carbocycles. The van der Waals surface area contributed by atoms with E-state index in [1.807, 2.05) is 25.3 Å². The minimum Gasteiger partial charge on any atom is -0.590 e. The van der Waals surface area contributed by atoms with E-state index in [0.717, 1.165) is 10.9 Å². The maximum absolute atomic E-state index is 10.9. The zero-order chi connectivity index (χ0) is 16.1. The van der Waals surface area contributed by atoms with Gasteiger partial charge in [-0.05, 0) is 35.9 Å². The van der Waals surface area contributed by atoms with E-state index in [1.54, 1.807) is 6.20 Å². The van der Waals surface area contributed by atoms with Gasteiger partial charge in [0.1, 0.15) is 23.7 Å². The Bertz CT molecular complexity index is 744. The number of benzene rings is 1. The minimum absolute atomic E-state index is 0.291. The Kier molecular flexibility index (Phi) is 5.53. The quantitative estimate of drug-likeness (QED) is 0.491. The molecule has 0 aliphatic carbocycles. The van der Waals surface area contributed by atoms with Crippen molar-refractivity contribution in [2.45, 2.75) is 32.7 Å². The van der Waals surface area contributed by atoms with Gasteiger partial charge in [0.25, 0.3) is 0 Å². The Labute approximate surface area is 134 Å². The molecule has 0 bridgehead atoms. The summed E-state index contributed by atoms with van der Waals surface area (Å²) in [6.45, 7) is 6.17. The summed E-state index contributed by atoms with van der Waals surface area (Å²) in [5, 5.41) is 6.13. The van der Waals surface area contributed by atoms with Crippen LogP contribution in [0.5, 0.6) is 0 Å². The van der Waals surface area contributed by atoms with Gasteiger partial charge >= 0.3 is 0 Å². The highest BCUT2D eigenvalue weighted by atomic mass is 32.2. The number of hydrogen-bond acceptors (Lipinski definition) is 4. The zero-order valence-electron chi connectivity index (χ0n) is 13.2. The number of nitrogens with zero attached hydrogens (tertiary/aromatic N) is 3. The van der Waals surface area contributed by atoms with E-state index in [0.29, 0.717) is 5.92 Å². The molecule has 22 heavy (non-hydrogen) atoms. The van der Waals surface area contributed by atoms with E-state index in [4.69, 9.17) is 0 Å². The highest BCUT2D eigenvalue weighted by Crippen LogP contribution is 2.27. The fourth-order valence-corrected chi connectivity index (χ4v) is 2.45. The van der Waals surface area contributed by atoms with Gasteiger partial charge in [-0.2, -0.15) is 0 Å². The first-order chi connectivity index (χ1) is 10.5. The SMILES string of the molecule is CC(C#Cc1ccc(C(C)C)c2ccncc12)N=N[S+](C)[O-]. The fourth-order valence-electron chi connectivity index (χ4n) is 2.17. The lowest BCUT2D eigenvalue weighted by Gasteiger charge is -2.10. The molecular weight excluding hydrogens is 294 g/mol. The third kappa shape index (κ3) is 4.06. The second kappa shape index (κ2) is 7.39. The molecule has 114 valence electrons. The lowest BCUT2D eigenvalue weighted by molar-refractivity contribution is 0.598. The topological polar surface area (TPSA) is 60.7 Å². The van der Waals surface area contributed by atoms with Gasteiger partial charge < -0.3 is 4.55 Å². The van der Waals surface area contributed by atoms with Gasteiger partial charge in [0.2, 0.25) is 0 Å². The summed E-state index contributed by atoms with van der Waals surface area (Å²) < 4.78 is 14.5. The molecular formula is C17H19N3OS. The lowest BCUT2D eigenvalue weighted by Crippen LogP contribution is -1.96. The number of aromatic nitrogens is 1. The summed E-state index contributed by atoms with van der Waals surface area (Å²) in [4.78, 5) is 4.21. The van der Waals surface area contributed by atoms with Crippen LogP contribution in [0.25, 0.3) is 10.8 Å². The smallest absolute Gasteiger partial charge is 0.133 e. The molecule has 0 radical (unpaired) electrons. The van der Waals surface area contributed by atoms with Crippen molar-refractivity contribution in [3.8, 4) is 11.8 Å². The van der Waals surface area contributed by atoms with Crippen LogP contribution in [-0.2, 0) is 11.4 Å². The van der Waals surface area contributed by atoms with Crippen molar-refractivity contribution >= 4 is 22.1 Å². The monoisotopic (exact) mass is 313 g/mol. The fraction of sp³-hybridized carbons (Fsp3) is 0.353. The summed E-state index contributed by atoms with van der Waals surface area (Å²) >= 11 is -1.28. The third-order valence-electron chi connectivity index (χ3n) is 3.22. The molecule has 0 aliphatic rings. The molecule has 2 rings (SSSR count). The Hall–Kier alpha value is -1.90. The summed E-state index contributed by atoms with van der Waals surface area (Å²) in [7, 11) is 0. The van der Waals surface area contributed by atoms with Gasteiger partial charge in [0, 0.05) is 27.9 Å². The molecule has 0 fully saturated rings. The van der Waals surface area contributed by atoms with Crippen LogP contribution in [0.2, 0.25) is 0 Å². The predicted molar refractivity (Wildman–Crippen MR) is 91.1 cm³/mol. The van der Waals surface area contributed by atoms with Gasteiger partial charge in [-0.15, -0.1) is 5.11 Å². The maximum Gasteiger partial charge on any atom is 0.133 e. The summed E-state index contributed by atoms with van der Waals surface area (Å²) in [6, 6.07) is 5.87. The van der Waals surface area contributed by atoms with Crippen LogP contribution in [-0.4, -0.2) is 21.8 Å². The number of fused-ring (bicyclic) bond motifs is 1. The molecule has 1 aromatic carbocycles. The van der Waals surface area contributed by atoms with Crippen LogP contribution in [0.1, 0.15) is 37.8 Å². The predicted octanol–water partition coefficient (Wildman–Crippen LogP) is 3.84. The van der Waals surface area contributed by atoms with Crippen LogP contribution >= 0.6 is 0 Å². The van der Waals surface area contributed by atoms with E-state index in [1.165, 1.54) is 17.2 Å². The standard InChI is InChI=1S/C17H19N3OS/c1-12(2)15-8-7-14(17-11-18-10-9-16(15)17)6-5-13(3)19-20-22(4)21/h7-13H,1-4H3. The summed E-state index contributed by atoms with van der Waals surface area (Å²) in [5.41, 5.74) is 2.21. The highest BCUT2D eigenvalue weighted by Gasteiger charge is 2.07. The van der Waals surface area contributed by atoms with Gasteiger partial charge in [-0.25, -0.2) is 0 Å². The molecule has 0 saturated heterocycles. The first kappa shape index (κ1) is 16.5. The molecule has 0 amide bonds. The van der Waals surface area contributed by atoms with Crippen molar-refractivity contribution in [1.82, 2.24) is 4.98 Å². The molecule has 5 heteroatoms. The first-order valence-electron chi connectivity index (χ1n) is 7.11. The molecule has 0 aliphatic heterocycles. The molecule has 1 heterocycles. The number of hydrogen-bond donors (Lipinski definition) is 0. The van der Waals surface area contributed by atoms with Crippen LogP contribution in [0.15, 0.2) is 40.2 Å². The van der Waals surface area contributed by atoms with Gasteiger partial charge in [-0.3, -0.25) is 4.98 Å². The lowest BCUT2D eigenvalue weighted by atomic mass is 9.94. The van der Waals surface area contributed by atoms with Gasteiger partial charge in [-0.1, -0.05) is 31.8 Å². The van der Waals surface area contributed by atoms with Crippen LogP contribution in [0.4, 0.5) is 0 Å². The largest absolute Gasteiger partial charge is 0.590 e. The van der Waals surface area contributed by atoms with E-state index < -0.39 is 11.4 Å². The second-order valence-electron chi connectivity index (χ2n) is 5.34. The molecule has 4 nitrogen and oxygen atoms in total. The van der Waals surface area contributed by atoms with Crippen molar-refractivity contribution < 1.29 is 4.55 Å². The number of rotatable bonds is 3. The average molecular weight is 313 g/mol. The van der Waals surface area contributed by atoms with Crippen molar-refractivity contribution in [1.29, 1.82) is 0 Å².